The zero-order valence-electron chi connectivity index (χ0n) is 19.3. The largest absolute Gasteiger partial charge is 0.508 e. The smallest absolute Gasteiger partial charge is 0.397 e. The number of rotatable bonds is 8. The van der Waals surface area contributed by atoms with Crippen LogP contribution in [0.1, 0.15) is 29.2 Å². The highest BCUT2D eigenvalue weighted by atomic mass is 35.5. The predicted molar refractivity (Wildman–Crippen MR) is 131 cm³/mol. The normalized spacial score (nSPS) is 10.6. The molecule has 7 nitrogen and oxygen atoms in total. The lowest BCUT2D eigenvalue weighted by atomic mass is 10.1. The van der Waals surface area contributed by atoms with Gasteiger partial charge >= 0.3 is 11.9 Å². The van der Waals surface area contributed by atoms with Crippen LogP contribution in [-0.4, -0.2) is 23.6 Å². The number of amides is 1. The number of hydrogen-bond acceptors (Lipinski definition) is 6. The molecule has 0 spiro atoms. The first-order valence-corrected chi connectivity index (χ1v) is 11.2. The molecule has 0 saturated carbocycles. The maximum absolute atomic E-state index is 11.9. The van der Waals surface area contributed by atoms with Crippen molar-refractivity contribution in [3.05, 3.63) is 81.9 Å². The van der Waals surface area contributed by atoms with Gasteiger partial charge in [0.25, 0.3) is 0 Å². The molecule has 0 unspecified atom stereocenters. The van der Waals surface area contributed by atoms with Gasteiger partial charge in [0.2, 0.25) is 0 Å². The van der Waals surface area contributed by atoms with Crippen LogP contribution in [0.15, 0.2) is 54.6 Å². The average Bonchev–Trinajstić information content (AvgIpc) is 2.79. The summed E-state index contributed by atoms with van der Waals surface area (Å²) in [5.41, 5.74) is 3.79. The zero-order valence-corrected chi connectivity index (χ0v) is 20.0. The summed E-state index contributed by atoms with van der Waals surface area (Å²) in [7, 11) is 0. The van der Waals surface area contributed by atoms with Crippen LogP contribution in [-0.2, 0) is 27.4 Å². The number of ether oxygens (including phenoxy) is 2. The molecular formula is C26H27ClN2O5. The van der Waals surface area contributed by atoms with Crippen molar-refractivity contribution in [2.75, 3.05) is 11.9 Å². The summed E-state index contributed by atoms with van der Waals surface area (Å²) >= 11 is 5.92. The fourth-order valence-corrected chi connectivity index (χ4v) is 3.52. The van der Waals surface area contributed by atoms with Crippen LogP contribution in [0.25, 0.3) is 0 Å². The Morgan fingerprint density at radius 1 is 0.971 bits per heavy atom. The summed E-state index contributed by atoms with van der Waals surface area (Å²) in [6.45, 7) is 6.52. The van der Waals surface area contributed by atoms with E-state index in [0.29, 0.717) is 40.9 Å². The third-order valence-corrected chi connectivity index (χ3v) is 5.26. The Kier molecular flexibility index (Phi) is 8.51. The summed E-state index contributed by atoms with van der Waals surface area (Å²) in [6, 6.07) is 16.0. The average molecular weight is 483 g/mol. The van der Waals surface area contributed by atoms with Crippen LogP contribution < -0.4 is 15.4 Å². The number of phenolic OH excluding ortho intramolecular Hbond substituents is 1. The molecule has 8 heteroatoms. The minimum atomic E-state index is -0.931. The number of carbonyl (C=O) groups is 2. The Hall–Kier alpha value is -3.55. The van der Waals surface area contributed by atoms with Gasteiger partial charge in [0, 0.05) is 29.4 Å². The number of phenols is 1. The van der Waals surface area contributed by atoms with Crippen molar-refractivity contribution >= 4 is 29.2 Å². The van der Waals surface area contributed by atoms with Gasteiger partial charge in [-0.3, -0.25) is 4.79 Å². The first-order chi connectivity index (χ1) is 16.3. The summed E-state index contributed by atoms with van der Waals surface area (Å²) < 4.78 is 10.8. The fourth-order valence-electron chi connectivity index (χ4n) is 3.39. The predicted octanol–water partition coefficient (Wildman–Crippen LogP) is 5.25. The topological polar surface area (TPSA) is 96.9 Å². The van der Waals surface area contributed by atoms with Crippen LogP contribution in [0, 0.1) is 13.8 Å². The standard InChI is InChI=1S/C26H27ClN2O5/c1-4-33-26(32)25(31)29-21-11-16(2)24(17(3)12-21)34-22-9-10-23(30)19(13-22)15-28-14-18-5-7-20(27)8-6-18/h5-13,28,30H,4,14-15H2,1-3H3,(H,29,31). The van der Waals surface area contributed by atoms with Crippen LogP contribution in [0.3, 0.4) is 0 Å². The molecule has 0 saturated heterocycles. The summed E-state index contributed by atoms with van der Waals surface area (Å²) in [4.78, 5) is 23.5. The number of benzene rings is 3. The Bertz CT molecular complexity index is 1160. The van der Waals surface area contributed by atoms with Crippen LogP contribution in [0.5, 0.6) is 17.2 Å². The van der Waals surface area contributed by atoms with E-state index in [2.05, 4.69) is 10.6 Å². The van der Waals surface area contributed by atoms with Gasteiger partial charge in [0.05, 0.1) is 6.61 Å². The number of nitrogens with one attached hydrogen (secondary N) is 2. The SMILES string of the molecule is CCOC(=O)C(=O)Nc1cc(C)c(Oc2ccc(O)c(CNCc3ccc(Cl)cc3)c2)c(C)c1. The van der Waals surface area contributed by atoms with E-state index in [4.69, 9.17) is 21.1 Å². The number of carbonyl (C=O) groups excluding carboxylic acids is 2. The molecule has 34 heavy (non-hydrogen) atoms. The lowest BCUT2D eigenvalue weighted by Gasteiger charge is -2.15. The summed E-state index contributed by atoms with van der Waals surface area (Å²) in [5.74, 6) is -0.403. The first kappa shape index (κ1) is 25.1. The number of aromatic hydroxyl groups is 1. The number of halogens is 1. The van der Waals surface area contributed by atoms with E-state index in [-0.39, 0.29) is 12.4 Å². The molecule has 0 radical (unpaired) electrons. The van der Waals surface area contributed by atoms with Gasteiger partial charge in [-0.05, 0) is 79.9 Å². The minimum Gasteiger partial charge on any atom is -0.508 e. The molecule has 3 aromatic rings. The van der Waals surface area contributed by atoms with E-state index in [9.17, 15) is 14.7 Å². The molecule has 3 rings (SSSR count). The monoisotopic (exact) mass is 482 g/mol. The number of aryl methyl sites for hydroxylation is 2. The molecule has 3 N–H and O–H groups in total. The van der Waals surface area contributed by atoms with Crippen molar-refractivity contribution in [3.8, 4) is 17.2 Å². The van der Waals surface area contributed by atoms with Crippen LogP contribution in [0.2, 0.25) is 5.02 Å². The molecular weight excluding hydrogens is 456 g/mol. The fraction of sp³-hybridized carbons (Fsp3) is 0.231. The Morgan fingerprint density at radius 2 is 1.65 bits per heavy atom. The van der Waals surface area contributed by atoms with Crippen molar-refractivity contribution in [1.82, 2.24) is 5.32 Å². The molecule has 0 aliphatic rings. The van der Waals surface area contributed by atoms with Crippen molar-refractivity contribution < 1.29 is 24.2 Å². The highest BCUT2D eigenvalue weighted by Gasteiger charge is 2.16. The highest BCUT2D eigenvalue weighted by molar-refractivity contribution is 6.37. The van der Waals surface area contributed by atoms with E-state index < -0.39 is 11.9 Å². The van der Waals surface area contributed by atoms with Crippen molar-refractivity contribution in [1.29, 1.82) is 0 Å². The van der Waals surface area contributed by atoms with Crippen LogP contribution >= 0.6 is 11.6 Å². The van der Waals surface area contributed by atoms with Gasteiger partial charge in [-0.15, -0.1) is 0 Å². The van der Waals surface area contributed by atoms with Gasteiger partial charge in [0.1, 0.15) is 17.2 Å². The Labute approximate surface area is 203 Å². The van der Waals surface area contributed by atoms with Crippen molar-refractivity contribution in [2.24, 2.45) is 0 Å². The molecule has 0 bridgehead atoms. The molecule has 3 aromatic carbocycles. The maximum Gasteiger partial charge on any atom is 0.397 e. The molecule has 0 aliphatic carbocycles. The van der Waals surface area contributed by atoms with Gasteiger partial charge < -0.3 is 25.2 Å². The molecule has 0 aromatic heterocycles. The van der Waals surface area contributed by atoms with E-state index in [1.165, 1.54) is 0 Å². The van der Waals surface area contributed by atoms with Crippen molar-refractivity contribution in [2.45, 2.75) is 33.9 Å². The van der Waals surface area contributed by atoms with Gasteiger partial charge in [0.15, 0.2) is 0 Å². The second-order valence-corrected chi connectivity index (χ2v) is 8.17. The second kappa shape index (κ2) is 11.5. The van der Waals surface area contributed by atoms with E-state index in [1.807, 2.05) is 38.1 Å². The molecule has 0 aliphatic heterocycles. The summed E-state index contributed by atoms with van der Waals surface area (Å²) in [6.07, 6.45) is 0. The summed E-state index contributed by atoms with van der Waals surface area (Å²) in [5, 5.41) is 16.8. The first-order valence-electron chi connectivity index (χ1n) is 10.8. The lowest BCUT2D eigenvalue weighted by molar-refractivity contribution is -0.152. The molecule has 1 amide bonds. The van der Waals surface area contributed by atoms with Crippen LogP contribution in [0.4, 0.5) is 5.69 Å². The number of anilines is 1. The zero-order chi connectivity index (χ0) is 24.7. The maximum atomic E-state index is 11.9. The molecule has 178 valence electrons. The molecule has 0 heterocycles. The number of hydrogen-bond donors (Lipinski definition) is 3. The molecule has 0 atom stereocenters. The Balaban J connectivity index is 1.68. The minimum absolute atomic E-state index is 0.127. The Morgan fingerprint density at radius 3 is 2.29 bits per heavy atom. The third kappa shape index (κ3) is 6.73. The van der Waals surface area contributed by atoms with E-state index in [1.54, 1.807) is 37.3 Å². The van der Waals surface area contributed by atoms with Gasteiger partial charge in [-0.25, -0.2) is 4.79 Å². The van der Waals surface area contributed by atoms with Gasteiger partial charge in [-0.1, -0.05) is 23.7 Å². The quantitative estimate of drug-likeness (QED) is 0.300. The van der Waals surface area contributed by atoms with E-state index in [0.717, 1.165) is 16.7 Å². The third-order valence-electron chi connectivity index (χ3n) is 5.01. The lowest BCUT2D eigenvalue weighted by Crippen LogP contribution is -2.25. The highest BCUT2D eigenvalue weighted by Crippen LogP contribution is 2.33. The van der Waals surface area contributed by atoms with E-state index >= 15 is 0 Å². The second-order valence-electron chi connectivity index (χ2n) is 7.74. The number of esters is 1. The van der Waals surface area contributed by atoms with Crippen molar-refractivity contribution in [3.63, 3.8) is 0 Å². The van der Waals surface area contributed by atoms with Gasteiger partial charge in [-0.2, -0.15) is 0 Å². The molecule has 0 fully saturated rings.